The lowest BCUT2D eigenvalue weighted by Crippen LogP contribution is -2.45. The topological polar surface area (TPSA) is 71.8 Å². The number of amides is 2. The average molecular weight is 345 g/mol. The summed E-state index contributed by atoms with van der Waals surface area (Å²) in [6, 6.07) is 9.72. The Labute approximate surface area is 146 Å². The molecular weight excluding hydrogens is 322 g/mol. The molecule has 0 radical (unpaired) electrons. The Morgan fingerprint density at radius 3 is 2.88 bits per heavy atom. The highest BCUT2D eigenvalue weighted by molar-refractivity contribution is 7.99. The molecule has 0 unspecified atom stereocenters. The molecule has 1 aromatic carbocycles. The molecule has 1 aliphatic carbocycles. The van der Waals surface area contributed by atoms with Gasteiger partial charge in [-0.3, -0.25) is 0 Å². The molecule has 3 rings (SSSR count). The van der Waals surface area contributed by atoms with Gasteiger partial charge in [0.1, 0.15) is 5.69 Å². The van der Waals surface area contributed by atoms with Gasteiger partial charge in [-0.25, -0.2) is 9.48 Å². The number of aromatic nitrogens is 3. The van der Waals surface area contributed by atoms with Crippen LogP contribution in [0.25, 0.3) is 5.69 Å². The molecule has 1 saturated carbocycles. The lowest BCUT2D eigenvalue weighted by Gasteiger charge is -2.20. The summed E-state index contributed by atoms with van der Waals surface area (Å²) in [5.41, 5.74) is 1.68. The summed E-state index contributed by atoms with van der Waals surface area (Å²) in [6.07, 6.45) is 7.36. The molecule has 1 fully saturated rings. The lowest BCUT2D eigenvalue weighted by molar-refractivity contribution is 0.234. The molecule has 7 heteroatoms. The number of rotatable bonds is 5. The van der Waals surface area contributed by atoms with E-state index >= 15 is 0 Å². The van der Waals surface area contributed by atoms with Crippen molar-refractivity contribution in [1.29, 1.82) is 0 Å². The first-order valence-electron chi connectivity index (χ1n) is 8.25. The van der Waals surface area contributed by atoms with Gasteiger partial charge in [0.2, 0.25) is 0 Å². The Kier molecular flexibility index (Phi) is 5.40. The maximum Gasteiger partial charge on any atom is 0.315 e. The molecule has 2 N–H and O–H groups in total. The number of urea groups is 1. The Hall–Kier alpha value is -2.02. The van der Waals surface area contributed by atoms with Crippen molar-refractivity contribution in [2.24, 2.45) is 0 Å². The summed E-state index contributed by atoms with van der Waals surface area (Å²) in [4.78, 5) is 12.2. The Morgan fingerprint density at radius 2 is 2.12 bits per heavy atom. The Morgan fingerprint density at radius 1 is 1.33 bits per heavy atom. The average Bonchev–Trinajstić information content (AvgIpc) is 3.24. The highest BCUT2D eigenvalue weighted by Crippen LogP contribution is 2.28. The Bertz CT molecular complexity index is 675. The van der Waals surface area contributed by atoms with Crippen LogP contribution in [0.2, 0.25) is 0 Å². The monoisotopic (exact) mass is 345 g/mol. The van der Waals surface area contributed by atoms with Crippen molar-refractivity contribution in [2.75, 3.05) is 6.26 Å². The largest absolute Gasteiger partial charge is 0.334 e. The van der Waals surface area contributed by atoms with E-state index in [1.54, 1.807) is 4.68 Å². The van der Waals surface area contributed by atoms with Crippen molar-refractivity contribution in [2.45, 2.75) is 43.5 Å². The summed E-state index contributed by atoms with van der Waals surface area (Å²) in [6.45, 7) is 1.92. The number of nitrogens with one attached hydrogen (secondary N) is 2. The van der Waals surface area contributed by atoms with E-state index in [9.17, 15) is 4.79 Å². The summed E-state index contributed by atoms with van der Waals surface area (Å²) in [5, 5.41) is 14.9. The lowest BCUT2D eigenvalue weighted by atomic mass is 10.2. The van der Waals surface area contributed by atoms with Crippen LogP contribution in [-0.2, 0) is 0 Å². The van der Waals surface area contributed by atoms with E-state index in [0.29, 0.717) is 5.25 Å². The molecule has 3 atom stereocenters. The second kappa shape index (κ2) is 7.70. The van der Waals surface area contributed by atoms with Gasteiger partial charge in [0.05, 0.1) is 17.9 Å². The van der Waals surface area contributed by atoms with Crippen LogP contribution in [-0.4, -0.2) is 38.6 Å². The van der Waals surface area contributed by atoms with Crippen molar-refractivity contribution in [1.82, 2.24) is 25.6 Å². The number of thioether (sulfide) groups is 1. The second-order valence-corrected chi connectivity index (χ2v) is 7.15. The van der Waals surface area contributed by atoms with Crippen LogP contribution < -0.4 is 10.6 Å². The first-order valence-corrected chi connectivity index (χ1v) is 9.53. The summed E-state index contributed by atoms with van der Waals surface area (Å²) in [7, 11) is 0. The van der Waals surface area contributed by atoms with Crippen LogP contribution in [0.1, 0.15) is 37.9 Å². The zero-order valence-electron chi connectivity index (χ0n) is 14.0. The van der Waals surface area contributed by atoms with Crippen LogP contribution >= 0.6 is 11.8 Å². The SMILES string of the molecule is CS[C@@H]1CCC[C@@H]1NC(=O)N[C@H](C)c1cn(-c2ccccc2)nn1. The quantitative estimate of drug-likeness (QED) is 0.874. The molecule has 2 amide bonds. The minimum absolute atomic E-state index is 0.136. The van der Waals surface area contributed by atoms with Crippen LogP contribution in [0, 0.1) is 0 Å². The maximum absolute atomic E-state index is 12.2. The molecule has 1 aromatic heterocycles. The van der Waals surface area contributed by atoms with Crippen molar-refractivity contribution in [3.8, 4) is 5.69 Å². The van der Waals surface area contributed by atoms with Gasteiger partial charge in [-0.05, 0) is 38.2 Å². The predicted molar refractivity (Wildman–Crippen MR) is 96.4 cm³/mol. The van der Waals surface area contributed by atoms with E-state index in [-0.39, 0.29) is 18.1 Å². The second-order valence-electron chi connectivity index (χ2n) is 6.07. The van der Waals surface area contributed by atoms with Crippen molar-refractivity contribution in [3.05, 3.63) is 42.2 Å². The molecule has 128 valence electrons. The first kappa shape index (κ1) is 16.8. The summed E-state index contributed by atoms with van der Waals surface area (Å²) in [5.74, 6) is 0. The zero-order chi connectivity index (χ0) is 16.9. The predicted octanol–water partition coefficient (Wildman–Crippen LogP) is 2.91. The number of carbonyl (C=O) groups excluding carboxylic acids is 1. The normalized spacial score (nSPS) is 21.4. The third kappa shape index (κ3) is 3.90. The fraction of sp³-hybridized carbons (Fsp3) is 0.471. The van der Waals surface area contributed by atoms with E-state index < -0.39 is 0 Å². The molecule has 1 aliphatic rings. The third-order valence-corrected chi connectivity index (χ3v) is 5.56. The van der Waals surface area contributed by atoms with Crippen molar-refractivity contribution >= 4 is 17.8 Å². The highest BCUT2D eigenvalue weighted by atomic mass is 32.2. The molecule has 0 aliphatic heterocycles. The van der Waals surface area contributed by atoms with Gasteiger partial charge in [0, 0.05) is 11.3 Å². The van der Waals surface area contributed by atoms with E-state index in [4.69, 9.17) is 0 Å². The zero-order valence-corrected chi connectivity index (χ0v) is 14.8. The van der Waals surface area contributed by atoms with E-state index in [0.717, 1.165) is 17.8 Å². The van der Waals surface area contributed by atoms with Gasteiger partial charge in [-0.15, -0.1) is 5.10 Å². The molecular formula is C17H23N5OS. The van der Waals surface area contributed by atoms with Gasteiger partial charge in [-0.1, -0.05) is 29.8 Å². The van der Waals surface area contributed by atoms with E-state index in [1.165, 1.54) is 12.8 Å². The highest BCUT2D eigenvalue weighted by Gasteiger charge is 2.28. The van der Waals surface area contributed by atoms with Crippen molar-refractivity contribution < 1.29 is 4.79 Å². The number of nitrogens with zero attached hydrogens (tertiary/aromatic N) is 3. The Balaban J connectivity index is 1.58. The number of hydrogen-bond acceptors (Lipinski definition) is 4. The minimum atomic E-state index is -0.198. The molecule has 0 spiro atoms. The minimum Gasteiger partial charge on any atom is -0.334 e. The smallest absolute Gasteiger partial charge is 0.315 e. The van der Waals surface area contributed by atoms with Gasteiger partial charge >= 0.3 is 6.03 Å². The molecule has 24 heavy (non-hydrogen) atoms. The molecule has 0 saturated heterocycles. The van der Waals surface area contributed by atoms with E-state index in [1.807, 2.05) is 55.2 Å². The summed E-state index contributed by atoms with van der Waals surface area (Å²) >= 11 is 1.83. The first-order chi connectivity index (χ1) is 11.7. The standard InChI is InChI=1S/C17H23N5OS/c1-12(18-17(23)19-14-9-6-10-16(14)24-2)15-11-22(21-20-15)13-7-4-3-5-8-13/h3-5,7-8,11-12,14,16H,6,9-10H2,1-2H3,(H2,18,19,23)/t12-,14+,16-/m1/s1. The third-order valence-electron chi connectivity index (χ3n) is 4.39. The maximum atomic E-state index is 12.2. The van der Waals surface area contributed by atoms with Crippen LogP contribution in [0.5, 0.6) is 0 Å². The van der Waals surface area contributed by atoms with Gasteiger partial charge < -0.3 is 10.6 Å². The number of hydrogen-bond donors (Lipinski definition) is 2. The van der Waals surface area contributed by atoms with Gasteiger partial charge in [0.25, 0.3) is 0 Å². The fourth-order valence-corrected chi connectivity index (χ4v) is 3.97. The van der Waals surface area contributed by atoms with Crippen LogP contribution in [0.3, 0.4) is 0 Å². The molecule has 2 aromatic rings. The molecule has 1 heterocycles. The van der Waals surface area contributed by atoms with Crippen LogP contribution in [0.15, 0.2) is 36.5 Å². The number of benzene rings is 1. The van der Waals surface area contributed by atoms with Gasteiger partial charge in [-0.2, -0.15) is 11.8 Å². The molecule has 6 nitrogen and oxygen atoms in total. The van der Waals surface area contributed by atoms with Gasteiger partial charge in [0.15, 0.2) is 0 Å². The summed E-state index contributed by atoms with van der Waals surface area (Å²) < 4.78 is 1.71. The number of carbonyl (C=O) groups is 1. The van der Waals surface area contributed by atoms with E-state index in [2.05, 4.69) is 27.2 Å². The van der Waals surface area contributed by atoms with Crippen LogP contribution in [0.4, 0.5) is 4.79 Å². The van der Waals surface area contributed by atoms with Crippen molar-refractivity contribution in [3.63, 3.8) is 0 Å². The molecule has 0 bridgehead atoms. The fourth-order valence-electron chi connectivity index (χ4n) is 3.04. The number of para-hydroxylation sites is 1.